The number of hydrogen-bond donors (Lipinski definition) is 0. The van der Waals surface area contributed by atoms with E-state index in [1.54, 1.807) is 6.92 Å². The summed E-state index contributed by atoms with van der Waals surface area (Å²) in [5, 5.41) is 0. The lowest BCUT2D eigenvalue weighted by Crippen LogP contribution is -2.30. The maximum Gasteiger partial charge on any atom is 0.159 e. The highest BCUT2D eigenvalue weighted by atomic mass is 16.1. The molecule has 0 aliphatic rings. The highest BCUT2D eigenvalue weighted by Gasteiger charge is 2.08. The predicted molar refractivity (Wildman–Crippen MR) is 64.6 cm³/mol. The molecule has 0 spiro atoms. The van der Waals surface area contributed by atoms with Gasteiger partial charge in [0.25, 0.3) is 0 Å². The largest absolute Gasteiger partial charge is 0.369 e. The Bertz CT molecular complexity index is 327. The zero-order valence-electron chi connectivity index (χ0n) is 9.95. The molecule has 0 heterocycles. The van der Waals surface area contributed by atoms with Gasteiger partial charge in [0.2, 0.25) is 0 Å². The van der Waals surface area contributed by atoms with Gasteiger partial charge in [-0.1, -0.05) is 0 Å². The summed E-state index contributed by atoms with van der Waals surface area (Å²) in [5.74, 6) is 0.120. The molecule has 0 saturated carbocycles. The van der Waals surface area contributed by atoms with Crippen LogP contribution in [0.5, 0.6) is 0 Å². The highest BCUT2D eigenvalue weighted by molar-refractivity contribution is 5.94. The third-order valence-electron chi connectivity index (χ3n) is 2.57. The molecule has 1 rings (SSSR count). The minimum absolute atomic E-state index is 0.120. The molecule has 0 aromatic heterocycles. The fourth-order valence-electron chi connectivity index (χ4n) is 1.73. The van der Waals surface area contributed by atoms with Crippen LogP contribution in [0.25, 0.3) is 0 Å². The average Bonchev–Trinajstić information content (AvgIpc) is 2.19. The fourth-order valence-corrected chi connectivity index (χ4v) is 1.73. The SMILES string of the molecule is CCN(c1ccc(C(C)=O)cc1)C(C)C. The quantitative estimate of drug-likeness (QED) is 0.704. The Morgan fingerprint density at radius 2 is 1.80 bits per heavy atom. The molecule has 0 fully saturated rings. The third-order valence-corrected chi connectivity index (χ3v) is 2.57. The second-order valence-electron chi connectivity index (χ2n) is 3.98. The van der Waals surface area contributed by atoms with Crippen molar-refractivity contribution in [2.75, 3.05) is 11.4 Å². The monoisotopic (exact) mass is 205 g/mol. The number of benzene rings is 1. The van der Waals surface area contributed by atoms with Gasteiger partial charge in [-0.25, -0.2) is 0 Å². The van der Waals surface area contributed by atoms with Crippen molar-refractivity contribution in [2.24, 2.45) is 0 Å². The van der Waals surface area contributed by atoms with Crippen LogP contribution in [-0.2, 0) is 0 Å². The molecular formula is C13H19NO. The van der Waals surface area contributed by atoms with Crippen LogP contribution < -0.4 is 4.90 Å². The second kappa shape index (κ2) is 4.96. The van der Waals surface area contributed by atoms with Gasteiger partial charge in [-0.05, 0) is 52.0 Å². The first-order chi connectivity index (χ1) is 7.06. The van der Waals surface area contributed by atoms with E-state index in [0.29, 0.717) is 6.04 Å². The van der Waals surface area contributed by atoms with Gasteiger partial charge in [0.1, 0.15) is 0 Å². The van der Waals surface area contributed by atoms with E-state index in [1.807, 2.05) is 24.3 Å². The summed E-state index contributed by atoms with van der Waals surface area (Å²) in [5.41, 5.74) is 1.95. The van der Waals surface area contributed by atoms with Gasteiger partial charge in [0.05, 0.1) is 0 Å². The first kappa shape index (κ1) is 11.8. The van der Waals surface area contributed by atoms with E-state index in [-0.39, 0.29) is 5.78 Å². The molecule has 2 heteroatoms. The summed E-state index contributed by atoms with van der Waals surface area (Å²) in [7, 11) is 0. The molecule has 0 N–H and O–H groups in total. The van der Waals surface area contributed by atoms with Crippen molar-refractivity contribution in [1.82, 2.24) is 0 Å². The van der Waals surface area contributed by atoms with Crippen molar-refractivity contribution in [3.05, 3.63) is 29.8 Å². The summed E-state index contributed by atoms with van der Waals surface area (Å²) in [6, 6.07) is 8.30. The number of ketones is 1. The molecule has 1 aromatic carbocycles. The van der Waals surface area contributed by atoms with Gasteiger partial charge in [0.15, 0.2) is 5.78 Å². The summed E-state index contributed by atoms with van der Waals surface area (Å²) in [6.07, 6.45) is 0. The maximum atomic E-state index is 11.1. The summed E-state index contributed by atoms with van der Waals surface area (Å²) >= 11 is 0. The summed E-state index contributed by atoms with van der Waals surface area (Å²) in [6.45, 7) is 9.05. The van der Waals surface area contributed by atoms with Gasteiger partial charge in [0, 0.05) is 23.8 Å². The van der Waals surface area contributed by atoms with Crippen molar-refractivity contribution in [1.29, 1.82) is 0 Å². The molecular weight excluding hydrogens is 186 g/mol. The molecule has 0 unspecified atom stereocenters. The van der Waals surface area contributed by atoms with Gasteiger partial charge in [-0.15, -0.1) is 0 Å². The Kier molecular flexibility index (Phi) is 3.89. The van der Waals surface area contributed by atoms with Crippen LogP contribution in [0.1, 0.15) is 38.1 Å². The van der Waals surface area contributed by atoms with E-state index in [0.717, 1.165) is 12.1 Å². The van der Waals surface area contributed by atoms with Crippen LogP contribution in [0.4, 0.5) is 5.69 Å². The van der Waals surface area contributed by atoms with Crippen LogP contribution in [0.15, 0.2) is 24.3 Å². The minimum atomic E-state index is 0.120. The number of nitrogens with zero attached hydrogens (tertiary/aromatic N) is 1. The van der Waals surface area contributed by atoms with Crippen LogP contribution in [0, 0.1) is 0 Å². The van der Waals surface area contributed by atoms with Crippen molar-refractivity contribution >= 4 is 11.5 Å². The summed E-state index contributed by atoms with van der Waals surface area (Å²) < 4.78 is 0. The van der Waals surface area contributed by atoms with E-state index in [2.05, 4.69) is 25.7 Å². The Morgan fingerprint density at radius 1 is 1.27 bits per heavy atom. The van der Waals surface area contributed by atoms with Crippen molar-refractivity contribution in [3.63, 3.8) is 0 Å². The topological polar surface area (TPSA) is 20.3 Å². The van der Waals surface area contributed by atoms with Crippen molar-refractivity contribution in [2.45, 2.75) is 33.7 Å². The van der Waals surface area contributed by atoms with Gasteiger partial charge < -0.3 is 4.90 Å². The van der Waals surface area contributed by atoms with Crippen LogP contribution >= 0.6 is 0 Å². The summed E-state index contributed by atoms with van der Waals surface area (Å²) in [4.78, 5) is 13.4. The molecule has 0 aliphatic carbocycles. The van der Waals surface area contributed by atoms with Crippen LogP contribution in [0.2, 0.25) is 0 Å². The molecule has 1 aromatic rings. The zero-order valence-corrected chi connectivity index (χ0v) is 9.95. The molecule has 0 aliphatic heterocycles. The predicted octanol–water partition coefficient (Wildman–Crippen LogP) is 3.12. The number of rotatable bonds is 4. The third kappa shape index (κ3) is 2.82. The Hall–Kier alpha value is -1.31. The lowest BCUT2D eigenvalue weighted by Gasteiger charge is -2.27. The molecule has 2 nitrogen and oxygen atoms in total. The maximum absolute atomic E-state index is 11.1. The number of carbonyl (C=O) groups is 1. The molecule has 82 valence electrons. The molecule has 0 radical (unpaired) electrons. The molecule has 0 amide bonds. The zero-order chi connectivity index (χ0) is 11.4. The lowest BCUT2D eigenvalue weighted by molar-refractivity contribution is 0.101. The number of anilines is 1. The van der Waals surface area contributed by atoms with Crippen molar-refractivity contribution < 1.29 is 4.79 Å². The van der Waals surface area contributed by atoms with E-state index in [4.69, 9.17) is 0 Å². The number of hydrogen-bond acceptors (Lipinski definition) is 2. The normalized spacial score (nSPS) is 10.5. The second-order valence-corrected chi connectivity index (χ2v) is 3.98. The fraction of sp³-hybridized carbons (Fsp3) is 0.462. The first-order valence-corrected chi connectivity index (χ1v) is 5.44. The average molecular weight is 205 g/mol. The van der Waals surface area contributed by atoms with E-state index in [9.17, 15) is 4.79 Å². The van der Waals surface area contributed by atoms with E-state index in [1.165, 1.54) is 5.69 Å². The highest BCUT2D eigenvalue weighted by Crippen LogP contribution is 2.17. The van der Waals surface area contributed by atoms with Crippen LogP contribution in [-0.4, -0.2) is 18.4 Å². The van der Waals surface area contributed by atoms with E-state index < -0.39 is 0 Å². The van der Waals surface area contributed by atoms with E-state index >= 15 is 0 Å². The minimum Gasteiger partial charge on any atom is -0.369 e. The molecule has 15 heavy (non-hydrogen) atoms. The smallest absolute Gasteiger partial charge is 0.159 e. The lowest BCUT2D eigenvalue weighted by atomic mass is 10.1. The number of Topliss-reactive ketones (excluding diaryl/α,β-unsaturated/α-hetero) is 1. The molecule has 0 bridgehead atoms. The number of carbonyl (C=O) groups excluding carboxylic acids is 1. The van der Waals surface area contributed by atoms with Crippen LogP contribution in [0.3, 0.4) is 0 Å². The molecule has 0 atom stereocenters. The Balaban J connectivity index is 2.92. The standard InChI is InChI=1S/C13H19NO/c1-5-14(10(2)3)13-8-6-12(7-9-13)11(4)15/h6-10H,5H2,1-4H3. The van der Waals surface area contributed by atoms with Gasteiger partial charge >= 0.3 is 0 Å². The Morgan fingerprint density at radius 3 is 2.13 bits per heavy atom. The van der Waals surface area contributed by atoms with Crippen molar-refractivity contribution in [3.8, 4) is 0 Å². The van der Waals surface area contributed by atoms with Gasteiger partial charge in [-0.2, -0.15) is 0 Å². The Labute approximate surface area is 91.9 Å². The first-order valence-electron chi connectivity index (χ1n) is 5.44. The molecule has 0 saturated heterocycles. The van der Waals surface area contributed by atoms with Gasteiger partial charge in [-0.3, -0.25) is 4.79 Å².